The molecule has 7 nitrogen and oxygen atoms in total. The number of anilines is 1. The van der Waals surface area contributed by atoms with Crippen molar-refractivity contribution < 1.29 is 19.2 Å². The monoisotopic (exact) mass is 311 g/mol. The SMILES string of the molecule is C=CCOC(=O)/C(=N\OC(=O)C(C)(C)C)c1csc(N)n1. The highest BCUT2D eigenvalue weighted by atomic mass is 32.1. The first kappa shape index (κ1) is 16.8. The van der Waals surface area contributed by atoms with Gasteiger partial charge in [0.1, 0.15) is 12.3 Å². The summed E-state index contributed by atoms with van der Waals surface area (Å²) >= 11 is 1.13. The highest BCUT2D eigenvalue weighted by Crippen LogP contribution is 2.17. The zero-order chi connectivity index (χ0) is 16.0. The Morgan fingerprint density at radius 1 is 1.52 bits per heavy atom. The second-order valence-electron chi connectivity index (χ2n) is 5.03. The van der Waals surface area contributed by atoms with Crippen LogP contribution >= 0.6 is 11.3 Å². The quantitative estimate of drug-likeness (QED) is 0.292. The number of nitrogen functional groups attached to an aromatic ring is 1. The number of aromatic nitrogens is 1. The molecule has 0 amide bonds. The summed E-state index contributed by atoms with van der Waals surface area (Å²) < 4.78 is 4.88. The fourth-order valence-corrected chi connectivity index (χ4v) is 1.56. The van der Waals surface area contributed by atoms with Gasteiger partial charge >= 0.3 is 11.9 Å². The molecule has 114 valence electrons. The molecule has 1 aromatic rings. The van der Waals surface area contributed by atoms with Crippen molar-refractivity contribution in [2.45, 2.75) is 20.8 Å². The Morgan fingerprint density at radius 3 is 2.67 bits per heavy atom. The lowest BCUT2D eigenvalue weighted by Crippen LogP contribution is -2.24. The van der Waals surface area contributed by atoms with Crippen molar-refractivity contribution in [1.82, 2.24) is 4.98 Å². The van der Waals surface area contributed by atoms with Crippen LogP contribution in [0.1, 0.15) is 26.5 Å². The maximum absolute atomic E-state index is 11.9. The molecule has 0 radical (unpaired) electrons. The normalized spacial score (nSPS) is 11.9. The van der Waals surface area contributed by atoms with Gasteiger partial charge in [-0.2, -0.15) is 0 Å². The van der Waals surface area contributed by atoms with Crippen LogP contribution in [0.15, 0.2) is 23.2 Å². The Hall–Kier alpha value is -2.22. The van der Waals surface area contributed by atoms with Crippen molar-refractivity contribution in [2.75, 3.05) is 12.3 Å². The molecule has 1 heterocycles. The van der Waals surface area contributed by atoms with Gasteiger partial charge in [0.25, 0.3) is 0 Å². The van der Waals surface area contributed by atoms with Crippen molar-refractivity contribution in [3.05, 3.63) is 23.7 Å². The van der Waals surface area contributed by atoms with Gasteiger partial charge in [-0.3, -0.25) is 0 Å². The van der Waals surface area contributed by atoms with Gasteiger partial charge < -0.3 is 15.3 Å². The number of rotatable bonds is 5. The standard InChI is InChI=1S/C13H17N3O4S/c1-5-6-19-10(17)9(8-7-21-12(14)15-8)16-20-11(18)13(2,3)4/h5,7H,1,6H2,2-4H3,(H2,14,15)/b16-9-. The first-order chi connectivity index (χ1) is 9.75. The smallest absolute Gasteiger partial charge is 0.363 e. The summed E-state index contributed by atoms with van der Waals surface area (Å²) in [7, 11) is 0. The zero-order valence-electron chi connectivity index (χ0n) is 12.1. The minimum atomic E-state index is -0.776. The summed E-state index contributed by atoms with van der Waals surface area (Å²) in [5, 5.41) is 5.36. The average Bonchev–Trinajstić information content (AvgIpc) is 2.81. The van der Waals surface area contributed by atoms with Crippen LogP contribution in [0, 0.1) is 5.41 Å². The number of nitrogens with two attached hydrogens (primary N) is 1. The van der Waals surface area contributed by atoms with E-state index in [0.717, 1.165) is 11.3 Å². The minimum Gasteiger partial charge on any atom is -0.457 e. The maximum atomic E-state index is 11.9. The van der Waals surface area contributed by atoms with E-state index in [1.54, 1.807) is 20.8 Å². The molecule has 0 bridgehead atoms. The predicted octanol–water partition coefficient (Wildman–Crippen LogP) is 1.75. The zero-order valence-corrected chi connectivity index (χ0v) is 12.9. The summed E-state index contributed by atoms with van der Waals surface area (Å²) in [6.45, 7) is 8.45. The third kappa shape index (κ3) is 4.99. The van der Waals surface area contributed by atoms with E-state index < -0.39 is 17.4 Å². The Morgan fingerprint density at radius 2 is 2.19 bits per heavy atom. The third-order valence-corrected chi connectivity index (χ3v) is 2.80. The number of esters is 1. The van der Waals surface area contributed by atoms with Gasteiger partial charge in [0, 0.05) is 5.38 Å². The number of thiazole rings is 1. The Bertz CT molecular complexity index is 572. The fourth-order valence-electron chi connectivity index (χ4n) is 1.01. The molecule has 1 aromatic heterocycles. The van der Waals surface area contributed by atoms with Crippen LogP contribution in [0.4, 0.5) is 5.13 Å². The van der Waals surface area contributed by atoms with Crippen LogP contribution < -0.4 is 5.73 Å². The van der Waals surface area contributed by atoms with E-state index in [-0.39, 0.29) is 23.1 Å². The third-order valence-electron chi connectivity index (χ3n) is 2.12. The number of oxime groups is 1. The van der Waals surface area contributed by atoms with Crippen molar-refractivity contribution in [1.29, 1.82) is 0 Å². The van der Waals surface area contributed by atoms with E-state index in [0.29, 0.717) is 0 Å². The first-order valence-corrected chi connectivity index (χ1v) is 6.92. The Kier molecular flexibility index (Phi) is 5.60. The number of ether oxygens (including phenoxy) is 1. The average molecular weight is 311 g/mol. The minimum absolute atomic E-state index is 0.00465. The van der Waals surface area contributed by atoms with Crippen molar-refractivity contribution in [3.8, 4) is 0 Å². The van der Waals surface area contributed by atoms with Gasteiger partial charge in [0.15, 0.2) is 5.13 Å². The second-order valence-corrected chi connectivity index (χ2v) is 5.92. The van der Waals surface area contributed by atoms with E-state index in [4.69, 9.17) is 15.3 Å². The van der Waals surface area contributed by atoms with Crippen LogP contribution in [-0.4, -0.2) is 29.2 Å². The fraction of sp³-hybridized carbons (Fsp3) is 0.385. The van der Waals surface area contributed by atoms with E-state index >= 15 is 0 Å². The molecule has 0 saturated heterocycles. The van der Waals surface area contributed by atoms with Gasteiger partial charge in [-0.15, -0.1) is 11.3 Å². The topological polar surface area (TPSA) is 104 Å². The van der Waals surface area contributed by atoms with Crippen molar-refractivity contribution >= 4 is 34.1 Å². The molecule has 0 aliphatic heterocycles. The molecule has 0 aliphatic rings. The molecular formula is C13H17N3O4S. The summed E-state index contributed by atoms with van der Waals surface area (Å²) in [4.78, 5) is 32.3. The molecule has 0 unspecified atom stereocenters. The number of hydrogen-bond donors (Lipinski definition) is 1. The Balaban J connectivity index is 2.99. The highest BCUT2D eigenvalue weighted by molar-refractivity contribution is 7.13. The van der Waals surface area contributed by atoms with E-state index in [1.807, 2.05) is 0 Å². The van der Waals surface area contributed by atoms with Gasteiger partial charge in [0.2, 0.25) is 5.71 Å². The lowest BCUT2D eigenvalue weighted by molar-refractivity contribution is -0.153. The van der Waals surface area contributed by atoms with Gasteiger partial charge in [-0.25, -0.2) is 14.6 Å². The molecule has 2 N–H and O–H groups in total. The molecular weight excluding hydrogens is 294 g/mol. The summed E-state index contributed by atoms with van der Waals surface area (Å²) in [5.41, 5.74) is 4.74. The second kappa shape index (κ2) is 6.98. The molecule has 0 aromatic carbocycles. The molecule has 0 atom stereocenters. The first-order valence-electron chi connectivity index (χ1n) is 6.04. The van der Waals surface area contributed by atoms with Crippen LogP contribution in [-0.2, 0) is 19.2 Å². The van der Waals surface area contributed by atoms with E-state index in [9.17, 15) is 9.59 Å². The van der Waals surface area contributed by atoms with Crippen LogP contribution in [0.25, 0.3) is 0 Å². The van der Waals surface area contributed by atoms with E-state index in [2.05, 4.69) is 16.7 Å². The van der Waals surface area contributed by atoms with Crippen molar-refractivity contribution in [2.24, 2.45) is 10.6 Å². The molecule has 8 heteroatoms. The van der Waals surface area contributed by atoms with Gasteiger partial charge in [-0.1, -0.05) is 17.8 Å². The van der Waals surface area contributed by atoms with Crippen molar-refractivity contribution in [3.63, 3.8) is 0 Å². The number of nitrogens with zero attached hydrogens (tertiary/aromatic N) is 2. The number of hydrogen-bond acceptors (Lipinski definition) is 8. The molecule has 0 spiro atoms. The van der Waals surface area contributed by atoms with Crippen LogP contribution in [0.2, 0.25) is 0 Å². The molecule has 0 aliphatic carbocycles. The van der Waals surface area contributed by atoms with Crippen LogP contribution in [0.3, 0.4) is 0 Å². The summed E-state index contributed by atoms with van der Waals surface area (Å²) in [5.74, 6) is -1.36. The number of carbonyl (C=O) groups is 2. The lowest BCUT2D eigenvalue weighted by atomic mass is 9.98. The largest absolute Gasteiger partial charge is 0.457 e. The maximum Gasteiger partial charge on any atom is 0.363 e. The van der Waals surface area contributed by atoms with Gasteiger partial charge in [-0.05, 0) is 20.8 Å². The predicted molar refractivity (Wildman–Crippen MR) is 79.8 cm³/mol. The molecule has 0 saturated carbocycles. The van der Waals surface area contributed by atoms with Crippen LogP contribution in [0.5, 0.6) is 0 Å². The molecule has 1 rings (SSSR count). The molecule has 21 heavy (non-hydrogen) atoms. The number of carbonyl (C=O) groups excluding carboxylic acids is 2. The Labute approximate surface area is 126 Å². The van der Waals surface area contributed by atoms with E-state index in [1.165, 1.54) is 11.5 Å². The summed E-state index contributed by atoms with van der Waals surface area (Å²) in [6, 6.07) is 0. The van der Waals surface area contributed by atoms with Gasteiger partial charge in [0.05, 0.1) is 5.41 Å². The lowest BCUT2D eigenvalue weighted by Gasteiger charge is -2.13. The highest BCUT2D eigenvalue weighted by Gasteiger charge is 2.26. The molecule has 0 fully saturated rings. The summed E-state index contributed by atoms with van der Waals surface area (Å²) in [6.07, 6.45) is 1.41.